The minimum Gasteiger partial charge on any atom is -0.480 e. The van der Waals surface area contributed by atoms with Crippen molar-refractivity contribution in [2.75, 3.05) is 32.7 Å². The third kappa shape index (κ3) is 4.20. The van der Waals surface area contributed by atoms with Crippen LogP contribution in [0.25, 0.3) is 0 Å². The second kappa shape index (κ2) is 6.96. The number of amides is 1. The van der Waals surface area contributed by atoms with E-state index >= 15 is 0 Å². The molecule has 6 heteroatoms. The lowest BCUT2D eigenvalue weighted by Gasteiger charge is -2.41. The maximum absolute atomic E-state index is 12.2. The smallest absolute Gasteiger partial charge is 0.317 e. The Kier molecular flexibility index (Phi) is 4.98. The first kappa shape index (κ1) is 15.7. The summed E-state index contributed by atoms with van der Waals surface area (Å²) < 4.78 is 0. The van der Waals surface area contributed by atoms with Gasteiger partial charge >= 0.3 is 5.97 Å². The summed E-state index contributed by atoms with van der Waals surface area (Å²) in [5.74, 6) is -0.352. The number of hydrogen-bond donors (Lipinski definition) is 2. The average molecular weight is 309 g/mol. The highest BCUT2D eigenvalue weighted by molar-refractivity contribution is 5.79. The number of aliphatic carboxylic acids is 1. The first-order chi connectivity index (χ1) is 10.6. The fourth-order valence-corrected chi connectivity index (χ4v) is 3.73. The number of carboxylic acid groups (broad SMARTS) is 1. The SMILES string of the molecule is O=C(O)CN1CCC(N2CCC[C@@H](C(=O)NC3CC3)C2)CC1. The summed E-state index contributed by atoms with van der Waals surface area (Å²) in [6.45, 7) is 3.82. The van der Waals surface area contributed by atoms with Crippen molar-refractivity contribution in [3.8, 4) is 0 Å². The number of carboxylic acids is 1. The molecule has 6 nitrogen and oxygen atoms in total. The Morgan fingerprint density at radius 2 is 1.77 bits per heavy atom. The van der Waals surface area contributed by atoms with E-state index in [0.29, 0.717) is 12.1 Å². The number of carbonyl (C=O) groups is 2. The fraction of sp³-hybridized carbons (Fsp3) is 0.875. The van der Waals surface area contributed by atoms with Gasteiger partial charge in [-0.2, -0.15) is 0 Å². The largest absolute Gasteiger partial charge is 0.480 e. The molecule has 1 aliphatic carbocycles. The van der Waals surface area contributed by atoms with Crippen molar-refractivity contribution < 1.29 is 14.7 Å². The third-order valence-corrected chi connectivity index (χ3v) is 5.18. The Hall–Kier alpha value is -1.14. The monoisotopic (exact) mass is 309 g/mol. The minimum atomic E-state index is -0.742. The molecule has 0 spiro atoms. The highest BCUT2D eigenvalue weighted by atomic mass is 16.4. The fourth-order valence-electron chi connectivity index (χ4n) is 3.73. The Labute approximate surface area is 131 Å². The Balaban J connectivity index is 1.45. The van der Waals surface area contributed by atoms with Gasteiger partial charge in [0.1, 0.15) is 0 Å². The second-order valence-corrected chi connectivity index (χ2v) is 7.02. The zero-order chi connectivity index (χ0) is 15.5. The molecule has 124 valence electrons. The van der Waals surface area contributed by atoms with Crippen molar-refractivity contribution in [1.29, 1.82) is 0 Å². The van der Waals surface area contributed by atoms with Crippen molar-refractivity contribution in [1.82, 2.24) is 15.1 Å². The lowest BCUT2D eigenvalue weighted by molar-refractivity contribution is -0.139. The van der Waals surface area contributed by atoms with Crippen molar-refractivity contribution in [3.05, 3.63) is 0 Å². The lowest BCUT2D eigenvalue weighted by Crippen LogP contribution is -2.51. The van der Waals surface area contributed by atoms with Gasteiger partial charge < -0.3 is 10.4 Å². The van der Waals surface area contributed by atoms with Crippen LogP contribution >= 0.6 is 0 Å². The van der Waals surface area contributed by atoms with E-state index in [2.05, 4.69) is 10.2 Å². The van der Waals surface area contributed by atoms with E-state index in [1.807, 2.05) is 4.90 Å². The molecular formula is C16H27N3O3. The van der Waals surface area contributed by atoms with E-state index in [0.717, 1.165) is 64.7 Å². The molecule has 2 N–H and O–H groups in total. The summed E-state index contributed by atoms with van der Waals surface area (Å²) >= 11 is 0. The molecule has 0 radical (unpaired) electrons. The molecule has 2 aliphatic heterocycles. The molecule has 3 aliphatic rings. The van der Waals surface area contributed by atoms with E-state index in [1.54, 1.807) is 0 Å². The molecule has 1 saturated carbocycles. The highest BCUT2D eigenvalue weighted by Crippen LogP contribution is 2.25. The summed E-state index contributed by atoms with van der Waals surface area (Å²) in [6, 6.07) is 0.962. The minimum absolute atomic E-state index is 0.145. The maximum atomic E-state index is 12.2. The summed E-state index contributed by atoms with van der Waals surface area (Å²) in [5, 5.41) is 12.0. The molecule has 0 aromatic rings. The standard InChI is InChI=1S/C16H27N3O3/c20-15(21)11-18-8-5-14(6-9-18)19-7-1-2-12(10-19)16(22)17-13-3-4-13/h12-14H,1-11H2,(H,17,22)(H,20,21)/t12-/m1/s1. The molecule has 3 rings (SSSR count). The Bertz CT molecular complexity index is 417. The molecule has 0 aromatic heterocycles. The van der Waals surface area contributed by atoms with Gasteiger partial charge in [-0.1, -0.05) is 0 Å². The average Bonchev–Trinajstić information content (AvgIpc) is 3.31. The van der Waals surface area contributed by atoms with Crippen LogP contribution in [0.15, 0.2) is 0 Å². The van der Waals surface area contributed by atoms with E-state index < -0.39 is 5.97 Å². The zero-order valence-electron chi connectivity index (χ0n) is 13.2. The molecule has 0 unspecified atom stereocenters. The van der Waals surface area contributed by atoms with Gasteiger partial charge in [-0.15, -0.1) is 0 Å². The van der Waals surface area contributed by atoms with Gasteiger partial charge in [0.15, 0.2) is 0 Å². The van der Waals surface area contributed by atoms with Crippen LogP contribution in [-0.4, -0.2) is 71.6 Å². The molecule has 1 amide bonds. The van der Waals surface area contributed by atoms with Gasteiger partial charge in [-0.3, -0.25) is 19.4 Å². The third-order valence-electron chi connectivity index (χ3n) is 5.18. The van der Waals surface area contributed by atoms with Crippen LogP contribution in [0.5, 0.6) is 0 Å². The first-order valence-corrected chi connectivity index (χ1v) is 8.60. The van der Waals surface area contributed by atoms with E-state index in [1.165, 1.54) is 0 Å². The van der Waals surface area contributed by atoms with E-state index in [9.17, 15) is 9.59 Å². The predicted molar refractivity (Wildman–Crippen MR) is 82.6 cm³/mol. The molecule has 0 bridgehead atoms. The van der Waals surface area contributed by atoms with E-state index in [4.69, 9.17) is 5.11 Å². The van der Waals surface area contributed by atoms with Crippen molar-refractivity contribution >= 4 is 11.9 Å². The summed E-state index contributed by atoms with van der Waals surface area (Å²) in [5.41, 5.74) is 0. The van der Waals surface area contributed by atoms with E-state index in [-0.39, 0.29) is 18.4 Å². The van der Waals surface area contributed by atoms with Crippen LogP contribution in [0.3, 0.4) is 0 Å². The zero-order valence-corrected chi connectivity index (χ0v) is 13.2. The topological polar surface area (TPSA) is 72.9 Å². The van der Waals surface area contributed by atoms with Crippen LogP contribution < -0.4 is 5.32 Å². The maximum Gasteiger partial charge on any atom is 0.317 e. The van der Waals surface area contributed by atoms with Crippen molar-refractivity contribution in [2.24, 2.45) is 5.92 Å². The number of carbonyl (C=O) groups excluding carboxylic acids is 1. The van der Waals surface area contributed by atoms with Crippen molar-refractivity contribution in [2.45, 2.75) is 50.6 Å². The first-order valence-electron chi connectivity index (χ1n) is 8.60. The molecule has 0 aromatic carbocycles. The molecule has 2 heterocycles. The van der Waals surface area contributed by atoms with Crippen LogP contribution in [0.1, 0.15) is 38.5 Å². The summed E-state index contributed by atoms with van der Waals surface area (Å²) in [6.07, 6.45) is 6.42. The highest BCUT2D eigenvalue weighted by Gasteiger charge is 2.33. The Morgan fingerprint density at radius 3 is 2.41 bits per heavy atom. The van der Waals surface area contributed by atoms with Crippen LogP contribution in [0, 0.1) is 5.92 Å². The number of piperidine rings is 2. The van der Waals surface area contributed by atoms with Gasteiger partial charge in [0.05, 0.1) is 12.5 Å². The number of likely N-dealkylation sites (tertiary alicyclic amines) is 2. The van der Waals surface area contributed by atoms with Gasteiger partial charge in [-0.25, -0.2) is 0 Å². The van der Waals surface area contributed by atoms with Gasteiger partial charge in [0.25, 0.3) is 0 Å². The number of nitrogens with zero attached hydrogens (tertiary/aromatic N) is 2. The number of hydrogen-bond acceptors (Lipinski definition) is 4. The quantitative estimate of drug-likeness (QED) is 0.775. The molecule has 1 atom stereocenters. The Morgan fingerprint density at radius 1 is 1.05 bits per heavy atom. The van der Waals surface area contributed by atoms with Crippen molar-refractivity contribution in [3.63, 3.8) is 0 Å². The van der Waals surface area contributed by atoms with Gasteiger partial charge in [0.2, 0.25) is 5.91 Å². The van der Waals surface area contributed by atoms with Gasteiger partial charge in [-0.05, 0) is 45.1 Å². The second-order valence-electron chi connectivity index (χ2n) is 7.02. The van der Waals surface area contributed by atoms with Gasteiger partial charge in [0, 0.05) is 31.7 Å². The molecule has 22 heavy (non-hydrogen) atoms. The lowest BCUT2D eigenvalue weighted by atomic mass is 9.93. The predicted octanol–water partition coefficient (Wildman–Crippen LogP) is 0.526. The van der Waals surface area contributed by atoms with Crippen LogP contribution in [0.4, 0.5) is 0 Å². The summed E-state index contributed by atoms with van der Waals surface area (Å²) in [4.78, 5) is 27.5. The molecule has 3 fully saturated rings. The van der Waals surface area contributed by atoms with Crippen LogP contribution in [0.2, 0.25) is 0 Å². The van der Waals surface area contributed by atoms with Crippen LogP contribution in [-0.2, 0) is 9.59 Å². The summed E-state index contributed by atoms with van der Waals surface area (Å²) in [7, 11) is 0. The number of nitrogens with one attached hydrogen (secondary N) is 1. The number of rotatable bonds is 5. The molecular weight excluding hydrogens is 282 g/mol. The normalized spacial score (nSPS) is 28.5. The molecule has 2 saturated heterocycles.